The van der Waals surface area contributed by atoms with Crippen LogP contribution in [0.25, 0.3) is 71.1 Å². The molecule has 8 heteroatoms. The summed E-state index contributed by atoms with van der Waals surface area (Å²) in [7, 11) is 0. The molecule has 8 aromatic rings. The van der Waals surface area contributed by atoms with E-state index in [4.69, 9.17) is 0 Å². The molecule has 3 unspecified atom stereocenters. The van der Waals surface area contributed by atoms with E-state index < -0.39 is 0 Å². The third kappa shape index (κ3) is 10.8. The van der Waals surface area contributed by atoms with E-state index in [9.17, 15) is 4.79 Å². The van der Waals surface area contributed by atoms with Crippen LogP contribution >= 0.6 is 68.0 Å². The molecule has 0 spiro atoms. The molecule has 65 heavy (non-hydrogen) atoms. The molecule has 0 bridgehead atoms. The first-order chi connectivity index (χ1) is 31.7. The molecule has 0 saturated carbocycles. The van der Waals surface area contributed by atoms with Crippen LogP contribution in [0.4, 0.5) is 0 Å². The number of benzene rings is 1. The Bertz CT molecular complexity index is 2750. The number of rotatable bonds is 25. The number of hydrogen-bond acceptors (Lipinski definition) is 7. The molecule has 0 saturated heterocycles. The van der Waals surface area contributed by atoms with Gasteiger partial charge in [0.1, 0.15) is 0 Å². The Balaban J connectivity index is 1.28. The van der Waals surface area contributed by atoms with Crippen LogP contribution in [0.15, 0.2) is 53.3 Å². The zero-order valence-electron chi connectivity index (χ0n) is 40.6. The molecule has 0 aliphatic carbocycles. The van der Waals surface area contributed by atoms with Crippen molar-refractivity contribution in [2.24, 2.45) is 17.8 Å². The van der Waals surface area contributed by atoms with E-state index in [1.54, 1.807) is 0 Å². The highest BCUT2D eigenvalue weighted by molar-refractivity contribution is 7.32. The van der Waals surface area contributed by atoms with Gasteiger partial charge in [0.25, 0.3) is 5.56 Å². The first-order valence-corrected chi connectivity index (χ1v) is 30.3. The Kier molecular flexibility index (Phi) is 17.0. The number of thiophene rings is 6. The number of fused-ring (bicyclic) bond motifs is 5. The van der Waals surface area contributed by atoms with Crippen LogP contribution in [0.3, 0.4) is 0 Å². The van der Waals surface area contributed by atoms with Crippen molar-refractivity contribution in [3.8, 4) is 30.6 Å². The molecule has 2 nitrogen and oxygen atoms in total. The van der Waals surface area contributed by atoms with E-state index in [-0.39, 0.29) is 5.56 Å². The molecule has 8 rings (SSSR count). The van der Waals surface area contributed by atoms with E-state index in [0.717, 1.165) is 29.3 Å². The van der Waals surface area contributed by atoms with Crippen LogP contribution in [0.2, 0.25) is 0 Å². The normalized spacial score (nSPS) is 13.7. The molecule has 0 N–H and O–H groups in total. The minimum atomic E-state index is 0.201. The summed E-state index contributed by atoms with van der Waals surface area (Å²) in [6.07, 6.45) is 22.6. The topological polar surface area (TPSA) is 22.0 Å². The molecule has 348 valence electrons. The fourth-order valence-electron chi connectivity index (χ4n) is 10.3. The zero-order chi connectivity index (χ0) is 45.6. The maximum atomic E-state index is 14.9. The highest BCUT2D eigenvalue weighted by Crippen LogP contribution is 2.54. The summed E-state index contributed by atoms with van der Waals surface area (Å²) in [5.41, 5.74) is 4.17. The third-order valence-corrected chi connectivity index (χ3v) is 21.1. The lowest BCUT2D eigenvalue weighted by molar-refractivity contribution is 0.364. The number of aryl methyl sites for hydroxylation is 2. The molecule has 7 aromatic heterocycles. The molecule has 0 aliphatic heterocycles. The first kappa shape index (κ1) is 48.9. The Morgan fingerprint density at radius 2 is 0.954 bits per heavy atom. The van der Waals surface area contributed by atoms with Crippen LogP contribution in [0.5, 0.6) is 0 Å². The van der Waals surface area contributed by atoms with Crippen molar-refractivity contribution in [1.29, 1.82) is 0 Å². The monoisotopic (exact) mass is 979 g/mol. The SMILES string of the molecule is CCCCCCC(CCCC)Cn1c(=O)c2cc(-c3cc4c(-c5ccc(CC(CC)CCCC)s5)c5sc(C)cc5c(-c5ccc(CC(CC)CCCC)s5)c4s3)sc2c2sc(C)cc21. The Labute approximate surface area is 414 Å². The lowest BCUT2D eigenvalue weighted by Gasteiger charge is -2.19. The van der Waals surface area contributed by atoms with Crippen molar-refractivity contribution < 1.29 is 0 Å². The van der Waals surface area contributed by atoms with Gasteiger partial charge in [0.05, 0.1) is 20.3 Å². The summed E-state index contributed by atoms with van der Waals surface area (Å²) in [6.45, 7) is 19.3. The van der Waals surface area contributed by atoms with E-state index in [0.29, 0.717) is 5.92 Å². The minimum Gasteiger partial charge on any atom is -0.307 e. The van der Waals surface area contributed by atoms with Gasteiger partial charge < -0.3 is 4.57 Å². The maximum Gasteiger partial charge on any atom is 0.259 e. The average Bonchev–Trinajstić information content (AvgIpc) is 4.17. The third-order valence-electron chi connectivity index (χ3n) is 14.1. The number of aromatic nitrogens is 1. The lowest BCUT2D eigenvalue weighted by atomic mass is 9.95. The summed E-state index contributed by atoms with van der Waals surface area (Å²) in [4.78, 5) is 25.9. The van der Waals surface area contributed by atoms with Crippen molar-refractivity contribution in [1.82, 2.24) is 4.57 Å². The Morgan fingerprint density at radius 3 is 1.54 bits per heavy atom. The van der Waals surface area contributed by atoms with Gasteiger partial charge in [-0.05, 0) is 106 Å². The van der Waals surface area contributed by atoms with Crippen molar-refractivity contribution >= 4 is 108 Å². The summed E-state index contributed by atoms with van der Waals surface area (Å²) in [5.74, 6) is 2.02. The fourth-order valence-corrected chi connectivity index (χ4v) is 17.5. The first-order valence-electron chi connectivity index (χ1n) is 25.4. The van der Waals surface area contributed by atoms with Crippen LogP contribution in [0, 0.1) is 31.6 Å². The summed E-state index contributed by atoms with van der Waals surface area (Å²) in [6, 6.07) is 19.3. The van der Waals surface area contributed by atoms with Crippen molar-refractivity contribution in [3.63, 3.8) is 0 Å². The summed E-state index contributed by atoms with van der Waals surface area (Å²) < 4.78 is 7.47. The second-order valence-corrected chi connectivity index (χ2v) is 26.1. The van der Waals surface area contributed by atoms with Crippen LogP contribution in [-0.2, 0) is 19.4 Å². The number of nitrogens with zero attached hydrogens (tertiary/aromatic N) is 1. The molecule has 3 atom stereocenters. The predicted octanol–water partition coefficient (Wildman–Crippen LogP) is 20.7. The lowest BCUT2D eigenvalue weighted by Crippen LogP contribution is -2.24. The molecule has 0 radical (unpaired) electrons. The van der Waals surface area contributed by atoms with Crippen molar-refractivity contribution in [3.05, 3.63) is 78.4 Å². The van der Waals surface area contributed by atoms with Gasteiger partial charge in [-0.1, -0.05) is 131 Å². The maximum absolute atomic E-state index is 14.9. The van der Waals surface area contributed by atoms with Crippen LogP contribution in [-0.4, -0.2) is 4.57 Å². The average molecular weight is 981 g/mol. The Morgan fingerprint density at radius 1 is 0.462 bits per heavy atom. The number of hydrogen-bond donors (Lipinski definition) is 0. The summed E-state index contributed by atoms with van der Waals surface area (Å²) in [5, 5.41) is 3.68. The molecule has 0 aliphatic rings. The molecular formula is C57H73NOS6. The van der Waals surface area contributed by atoms with Gasteiger partial charge in [-0.15, -0.1) is 68.0 Å². The fraction of sp³-hybridized carbons (Fsp3) is 0.526. The second-order valence-electron chi connectivity index (χ2n) is 19.2. The van der Waals surface area contributed by atoms with Gasteiger partial charge in [-0.3, -0.25) is 4.79 Å². The van der Waals surface area contributed by atoms with E-state index in [1.165, 1.54) is 195 Å². The minimum absolute atomic E-state index is 0.201. The van der Waals surface area contributed by atoms with E-state index >= 15 is 0 Å². The van der Waals surface area contributed by atoms with Crippen LogP contribution < -0.4 is 5.56 Å². The summed E-state index contributed by atoms with van der Waals surface area (Å²) >= 11 is 11.7. The molecule has 1 aromatic carbocycles. The highest BCUT2D eigenvalue weighted by atomic mass is 32.1. The van der Waals surface area contributed by atoms with Gasteiger partial charge in [0.2, 0.25) is 0 Å². The van der Waals surface area contributed by atoms with Gasteiger partial charge in [-0.2, -0.15) is 0 Å². The molecule has 0 amide bonds. The largest absolute Gasteiger partial charge is 0.307 e. The van der Waals surface area contributed by atoms with E-state index in [1.807, 2.05) is 68.0 Å². The zero-order valence-corrected chi connectivity index (χ0v) is 45.5. The standard InChI is InChI=1S/C57H73NOS6/c1-9-15-19-20-24-40(23-18-12-4)35-58-46-30-37(8)61-56(46)55-45(57(58)59)34-50(65-55)49-33-44-52(48-28-26-42(63-48)32-39(14-6)22-17-11-3)53-43(29-36(7)60-53)51(54(44)64-49)47-27-25-41(62-47)31-38(13-5)21-16-10-2/h25-30,33-34,38-40H,9-24,31-32,35H2,1-8H3. The van der Waals surface area contributed by atoms with Gasteiger partial charge in [-0.25, -0.2) is 0 Å². The Hall–Kier alpha value is -2.59. The van der Waals surface area contributed by atoms with Gasteiger partial charge >= 0.3 is 0 Å². The quantitative estimate of drug-likeness (QED) is 0.0523. The van der Waals surface area contributed by atoms with Gasteiger partial charge in [0, 0.05) is 76.9 Å². The van der Waals surface area contributed by atoms with E-state index in [2.05, 4.69) is 108 Å². The van der Waals surface area contributed by atoms with Crippen LogP contribution in [0.1, 0.15) is 164 Å². The predicted molar refractivity (Wildman–Crippen MR) is 300 cm³/mol. The van der Waals surface area contributed by atoms with Gasteiger partial charge in [0.15, 0.2) is 0 Å². The smallest absolute Gasteiger partial charge is 0.259 e. The van der Waals surface area contributed by atoms with Crippen molar-refractivity contribution in [2.75, 3.05) is 0 Å². The molecule has 0 fully saturated rings. The van der Waals surface area contributed by atoms with Crippen molar-refractivity contribution in [2.45, 2.75) is 178 Å². The molecule has 7 heterocycles. The molecular weight excluding hydrogens is 907 g/mol. The number of unbranched alkanes of at least 4 members (excludes halogenated alkanes) is 6. The second kappa shape index (κ2) is 22.7. The number of pyridine rings is 1. The highest BCUT2D eigenvalue weighted by Gasteiger charge is 2.26.